The molecule has 0 fully saturated rings. The van der Waals surface area contributed by atoms with E-state index < -0.39 is 11.8 Å². The number of primary amides is 1. The van der Waals surface area contributed by atoms with Crippen molar-refractivity contribution in [3.8, 4) is 11.3 Å². The predicted molar refractivity (Wildman–Crippen MR) is 108 cm³/mol. The van der Waals surface area contributed by atoms with Crippen LogP contribution in [0.5, 0.6) is 0 Å². The van der Waals surface area contributed by atoms with Crippen molar-refractivity contribution in [3.05, 3.63) is 76.4 Å². The summed E-state index contributed by atoms with van der Waals surface area (Å²) in [4.78, 5) is 35.2. The van der Waals surface area contributed by atoms with E-state index in [0.29, 0.717) is 21.8 Å². The van der Waals surface area contributed by atoms with Crippen LogP contribution in [-0.4, -0.2) is 34.5 Å². The third-order valence-electron chi connectivity index (χ3n) is 4.09. The molecule has 0 aliphatic rings. The molecule has 3 aromatic rings. The van der Waals surface area contributed by atoms with Crippen LogP contribution in [0, 0.1) is 0 Å². The number of benzene rings is 2. The summed E-state index contributed by atoms with van der Waals surface area (Å²) in [6, 6.07) is 13.8. The van der Waals surface area contributed by atoms with E-state index in [9.17, 15) is 14.4 Å². The fraction of sp³-hybridized carbons (Fsp3) is 0.100. The van der Waals surface area contributed by atoms with Gasteiger partial charge in [-0.3, -0.25) is 19.5 Å². The lowest BCUT2D eigenvalue weighted by molar-refractivity contribution is -0.117. The molecule has 3 amide bonds. The van der Waals surface area contributed by atoms with E-state index in [2.05, 4.69) is 20.8 Å². The van der Waals surface area contributed by atoms with Gasteiger partial charge in [0.1, 0.15) is 0 Å². The van der Waals surface area contributed by atoms with Crippen molar-refractivity contribution < 1.29 is 14.4 Å². The minimum Gasteiger partial charge on any atom is -0.368 e. The molecule has 0 bridgehead atoms. The SMILES string of the molecule is NC(=O)CNC(=O)c1ccc(CNC(=O)c2cn[nH]c2-c2cccc(Cl)c2)cc1. The molecule has 29 heavy (non-hydrogen) atoms. The summed E-state index contributed by atoms with van der Waals surface area (Å²) in [7, 11) is 0. The zero-order valence-electron chi connectivity index (χ0n) is 15.2. The first-order chi connectivity index (χ1) is 13.9. The molecule has 5 N–H and O–H groups in total. The number of aromatic amines is 1. The van der Waals surface area contributed by atoms with E-state index in [-0.39, 0.29) is 19.0 Å². The fourth-order valence-electron chi connectivity index (χ4n) is 2.64. The Bertz CT molecular complexity index is 1050. The van der Waals surface area contributed by atoms with Gasteiger partial charge in [0, 0.05) is 22.7 Å². The molecule has 1 heterocycles. The van der Waals surface area contributed by atoms with Crippen LogP contribution in [-0.2, 0) is 11.3 Å². The van der Waals surface area contributed by atoms with Gasteiger partial charge in [0.25, 0.3) is 11.8 Å². The van der Waals surface area contributed by atoms with Crippen molar-refractivity contribution in [2.75, 3.05) is 6.54 Å². The van der Waals surface area contributed by atoms with Gasteiger partial charge >= 0.3 is 0 Å². The molecule has 0 atom stereocenters. The Morgan fingerprint density at radius 3 is 2.48 bits per heavy atom. The average Bonchev–Trinajstić information content (AvgIpc) is 3.20. The number of carbonyl (C=O) groups is 3. The molecule has 0 aliphatic carbocycles. The smallest absolute Gasteiger partial charge is 0.255 e. The first kappa shape index (κ1) is 20.1. The molecule has 3 rings (SSSR count). The molecule has 0 unspecified atom stereocenters. The lowest BCUT2D eigenvalue weighted by atomic mass is 10.1. The highest BCUT2D eigenvalue weighted by atomic mass is 35.5. The predicted octanol–water partition coefficient (Wildman–Crippen LogP) is 1.88. The standard InChI is InChI=1S/C20H18ClN5O3/c21-15-3-1-2-14(8-15)18-16(10-25-26-18)20(29)23-9-12-4-6-13(7-5-12)19(28)24-11-17(22)27/h1-8,10H,9,11H2,(H2,22,27)(H,23,29)(H,24,28)(H,25,26). The largest absolute Gasteiger partial charge is 0.368 e. The van der Waals surface area contributed by atoms with Gasteiger partial charge in [0.05, 0.1) is 24.0 Å². The Kier molecular flexibility index (Phi) is 6.25. The van der Waals surface area contributed by atoms with E-state index in [0.717, 1.165) is 11.1 Å². The molecule has 0 saturated carbocycles. The number of nitrogens with one attached hydrogen (secondary N) is 3. The molecule has 1 aromatic heterocycles. The van der Waals surface area contributed by atoms with E-state index >= 15 is 0 Å². The van der Waals surface area contributed by atoms with Gasteiger partial charge in [-0.05, 0) is 29.8 Å². The van der Waals surface area contributed by atoms with Crippen LogP contribution < -0.4 is 16.4 Å². The molecule has 0 radical (unpaired) electrons. The fourth-order valence-corrected chi connectivity index (χ4v) is 2.83. The molecule has 0 saturated heterocycles. The van der Waals surface area contributed by atoms with E-state index in [1.165, 1.54) is 6.20 Å². The normalized spacial score (nSPS) is 10.4. The molecule has 8 nitrogen and oxygen atoms in total. The van der Waals surface area contributed by atoms with Crippen LogP contribution in [0.4, 0.5) is 0 Å². The van der Waals surface area contributed by atoms with Crippen LogP contribution >= 0.6 is 11.6 Å². The van der Waals surface area contributed by atoms with E-state index in [1.54, 1.807) is 42.5 Å². The summed E-state index contributed by atoms with van der Waals surface area (Å²) in [5.74, 6) is -1.31. The summed E-state index contributed by atoms with van der Waals surface area (Å²) in [5, 5.41) is 12.6. The van der Waals surface area contributed by atoms with Gasteiger partial charge in [-0.15, -0.1) is 0 Å². The number of halogens is 1. The number of H-pyrrole nitrogens is 1. The van der Waals surface area contributed by atoms with Crippen molar-refractivity contribution in [1.82, 2.24) is 20.8 Å². The van der Waals surface area contributed by atoms with Crippen LogP contribution in [0.1, 0.15) is 26.3 Å². The maximum Gasteiger partial charge on any atom is 0.255 e. The van der Waals surface area contributed by atoms with E-state index in [1.807, 2.05) is 6.07 Å². The number of nitrogens with two attached hydrogens (primary N) is 1. The lowest BCUT2D eigenvalue weighted by Crippen LogP contribution is -2.33. The second kappa shape index (κ2) is 9.03. The Morgan fingerprint density at radius 1 is 1.03 bits per heavy atom. The molecule has 2 aromatic carbocycles. The van der Waals surface area contributed by atoms with Gasteiger partial charge in [0.2, 0.25) is 5.91 Å². The van der Waals surface area contributed by atoms with Crippen molar-refractivity contribution in [2.24, 2.45) is 5.73 Å². The van der Waals surface area contributed by atoms with Gasteiger partial charge in [-0.2, -0.15) is 5.10 Å². The maximum absolute atomic E-state index is 12.6. The van der Waals surface area contributed by atoms with Gasteiger partial charge < -0.3 is 16.4 Å². The van der Waals surface area contributed by atoms with Crippen molar-refractivity contribution in [2.45, 2.75) is 6.54 Å². The van der Waals surface area contributed by atoms with Crippen molar-refractivity contribution in [3.63, 3.8) is 0 Å². The van der Waals surface area contributed by atoms with Crippen LogP contribution in [0.2, 0.25) is 5.02 Å². The number of carbonyl (C=O) groups excluding carboxylic acids is 3. The van der Waals surface area contributed by atoms with Gasteiger partial charge in [-0.25, -0.2) is 0 Å². The van der Waals surface area contributed by atoms with Crippen LogP contribution in [0.15, 0.2) is 54.7 Å². The minimum atomic E-state index is -0.617. The number of rotatable bonds is 7. The molecular formula is C20H18ClN5O3. The monoisotopic (exact) mass is 411 g/mol. The maximum atomic E-state index is 12.6. The Hall–Kier alpha value is -3.65. The summed E-state index contributed by atoms with van der Waals surface area (Å²) in [6.07, 6.45) is 1.46. The molecule has 0 aliphatic heterocycles. The van der Waals surface area contributed by atoms with Gasteiger partial charge in [-0.1, -0.05) is 35.9 Å². The van der Waals surface area contributed by atoms with E-state index in [4.69, 9.17) is 17.3 Å². The zero-order valence-corrected chi connectivity index (χ0v) is 16.0. The zero-order chi connectivity index (χ0) is 20.8. The Labute approximate surface area is 171 Å². The van der Waals surface area contributed by atoms with Crippen molar-refractivity contribution >= 4 is 29.3 Å². The molecular weight excluding hydrogens is 394 g/mol. The number of hydrogen-bond donors (Lipinski definition) is 4. The molecule has 9 heteroatoms. The van der Waals surface area contributed by atoms with Gasteiger partial charge in [0.15, 0.2) is 0 Å². The number of hydrogen-bond acceptors (Lipinski definition) is 4. The average molecular weight is 412 g/mol. The highest BCUT2D eigenvalue weighted by molar-refractivity contribution is 6.30. The summed E-state index contributed by atoms with van der Waals surface area (Å²) < 4.78 is 0. The second-order valence-electron chi connectivity index (χ2n) is 6.20. The third-order valence-corrected chi connectivity index (χ3v) is 4.32. The van der Waals surface area contributed by atoms with Crippen molar-refractivity contribution in [1.29, 1.82) is 0 Å². The third kappa shape index (κ3) is 5.20. The highest BCUT2D eigenvalue weighted by Crippen LogP contribution is 2.24. The number of aromatic nitrogens is 2. The minimum absolute atomic E-state index is 0.226. The Morgan fingerprint density at radius 2 is 1.79 bits per heavy atom. The molecule has 0 spiro atoms. The molecule has 148 valence electrons. The second-order valence-corrected chi connectivity index (χ2v) is 6.63. The summed E-state index contributed by atoms with van der Waals surface area (Å²) >= 11 is 6.02. The lowest BCUT2D eigenvalue weighted by Gasteiger charge is -2.08. The highest BCUT2D eigenvalue weighted by Gasteiger charge is 2.15. The van der Waals surface area contributed by atoms with Crippen LogP contribution in [0.25, 0.3) is 11.3 Å². The summed E-state index contributed by atoms with van der Waals surface area (Å²) in [6.45, 7) is 0.0402. The Balaban J connectivity index is 1.62. The first-order valence-corrected chi connectivity index (χ1v) is 9.05. The quantitative estimate of drug-likeness (QED) is 0.472. The van der Waals surface area contributed by atoms with Crippen LogP contribution in [0.3, 0.4) is 0 Å². The first-order valence-electron chi connectivity index (χ1n) is 8.67. The summed E-state index contributed by atoms with van der Waals surface area (Å²) in [5.41, 5.74) is 7.92. The number of amides is 3. The topological polar surface area (TPSA) is 130 Å². The number of nitrogens with zero attached hydrogens (tertiary/aromatic N) is 1.